The number of allylic oxidation sites excluding steroid dienone is 2. The average molecular weight is 425 g/mol. The number of hydrogen-bond donors (Lipinski definition) is 0. The van der Waals surface area contributed by atoms with Crippen LogP contribution in [0, 0.1) is 0 Å². The Morgan fingerprint density at radius 3 is 2.70 bits per heavy atom. The Morgan fingerprint density at radius 1 is 1.33 bits per heavy atom. The minimum atomic E-state index is -2.71. The minimum Gasteiger partial charge on any atom is -0.444 e. The number of nitrogens with zero attached hydrogens (tertiary/aromatic N) is 4. The Bertz CT molecular complexity index is 798. The molecule has 6 nitrogen and oxygen atoms in total. The molecule has 168 valence electrons. The zero-order valence-corrected chi connectivity index (χ0v) is 18.8. The zero-order chi connectivity index (χ0) is 22.1. The van der Waals surface area contributed by atoms with Gasteiger partial charge in [0, 0.05) is 43.9 Å². The second-order valence-electron chi connectivity index (χ2n) is 9.60. The van der Waals surface area contributed by atoms with Crippen molar-refractivity contribution in [2.24, 2.45) is 0 Å². The summed E-state index contributed by atoms with van der Waals surface area (Å²) in [6, 6.07) is 0. The van der Waals surface area contributed by atoms with Gasteiger partial charge in [-0.3, -0.25) is 9.58 Å². The third-order valence-corrected chi connectivity index (χ3v) is 5.55. The Labute approximate surface area is 177 Å². The molecule has 0 saturated heterocycles. The lowest BCUT2D eigenvalue weighted by Gasteiger charge is -2.26. The van der Waals surface area contributed by atoms with Gasteiger partial charge in [-0.25, -0.2) is 13.6 Å². The van der Waals surface area contributed by atoms with E-state index in [9.17, 15) is 13.6 Å². The third kappa shape index (κ3) is 5.59. The number of likely N-dealkylation sites (N-methyl/N-ethyl adjacent to an activating group) is 2. The number of carbonyl (C=O) groups is 1. The lowest BCUT2D eigenvalue weighted by atomic mass is 9.87. The highest BCUT2D eigenvalue weighted by atomic mass is 19.3. The maximum absolute atomic E-state index is 14.0. The van der Waals surface area contributed by atoms with Crippen molar-refractivity contribution in [3.05, 3.63) is 29.1 Å². The summed E-state index contributed by atoms with van der Waals surface area (Å²) in [7, 11) is 3.68. The van der Waals surface area contributed by atoms with Gasteiger partial charge in [0.1, 0.15) is 12.1 Å². The summed E-state index contributed by atoms with van der Waals surface area (Å²) >= 11 is 0. The lowest BCUT2D eigenvalue weighted by molar-refractivity contribution is 0.000693. The molecule has 1 amide bonds. The van der Waals surface area contributed by atoms with Crippen molar-refractivity contribution in [2.75, 3.05) is 27.2 Å². The molecule has 0 radical (unpaired) electrons. The summed E-state index contributed by atoms with van der Waals surface area (Å²) in [5.41, 5.74) is 2.01. The van der Waals surface area contributed by atoms with Gasteiger partial charge in [0.05, 0.1) is 12.1 Å². The van der Waals surface area contributed by atoms with Crippen molar-refractivity contribution < 1.29 is 18.3 Å². The van der Waals surface area contributed by atoms with E-state index in [2.05, 4.69) is 22.2 Å². The fourth-order valence-corrected chi connectivity index (χ4v) is 4.09. The zero-order valence-electron chi connectivity index (χ0n) is 18.8. The van der Waals surface area contributed by atoms with Crippen LogP contribution in [-0.4, -0.2) is 64.4 Å². The van der Waals surface area contributed by atoms with Crippen LogP contribution in [0.15, 0.2) is 12.2 Å². The van der Waals surface area contributed by atoms with E-state index in [1.807, 2.05) is 27.8 Å². The van der Waals surface area contributed by atoms with Crippen LogP contribution >= 0.6 is 0 Å². The van der Waals surface area contributed by atoms with Gasteiger partial charge >= 0.3 is 6.09 Å². The van der Waals surface area contributed by atoms with Crippen LogP contribution in [0.25, 0.3) is 0 Å². The smallest absolute Gasteiger partial charge is 0.410 e. The largest absolute Gasteiger partial charge is 0.444 e. The van der Waals surface area contributed by atoms with Crippen LogP contribution in [0.5, 0.6) is 0 Å². The maximum Gasteiger partial charge on any atom is 0.410 e. The predicted molar refractivity (Wildman–Crippen MR) is 112 cm³/mol. The Kier molecular flexibility index (Phi) is 6.55. The lowest BCUT2D eigenvalue weighted by Crippen LogP contribution is -2.38. The Morgan fingerprint density at radius 2 is 2.07 bits per heavy atom. The molecule has 1 atom stereocenters. The van der Waals surface area contributed by atoms with E-state index in [-0.39, 0.29) is 25.0 Å². The molecule has 1 aliphatic heterocycles. The monoisotopic (exact) mass is 424 g/mol. The molecule has 8 heteroatoms. The summed E-state index contributed by atoms with van der Waals surface area (Å²) in [5, 5.41) is 4.57. The highest BCUT2D eigenvalue weighted by Crippen LogP contribution is 2.39. The molecular weight excluding hydrogens is 390 g/mol. The molecule has 1 aromatic rings. The van der Waals surface area contributed by atoms with E-state index in [1.54, 1.807) is 11.9 Å². The molecule has 0 N–H and O–H groups in total. The van der Waals surface area contributed by atoms with Crippen LogP contribution in [0.2, 0.25) is 0 Å². The summed E-state index contributed by atoms with van der Waals surface area (Å²) in [6.45, 7) is 6.89. The summed E-state index contributed by atoms with van der Waals surface area (Å²) in [5.74, 6) is -2.56. The standard InChI is InChI=1S/C22H34F2N4O2/c1-21(2,3)30-20(29)27(5)12-11-26(4)14-17-19(16-9-7-6-8-10-16)18-13-22(23,24)15-28(18)25-17/h7,9,16H,6,8,10-15H2,1-5H3. The number of aromatic nitrogens is 2. The number of carbonyl (C=O) groups excluding carboxylic acids is 1. The number of fused-ring (bicyclic) bond motifs is 1. The second-order valence-corrected chi connectivity index (χ2v) is 9.60. The van der Waals surface area contributed by atoms with Gasteiger partial charge in [-0.05, 0) is 47.1 Å². The number of halogens is 2. The molecule has 0 spiro atoms. The van der Waals surface area contributed by atoms with Crippen LogP contribution in [0.4, 0.5) is 13.6 Å². The van der Waals surface area contributed by atoms with Gasteiger partial charge in [-0.2, -0.15) is 5.10 Å². The van der Waals surface area contributed by atoms with E-state index >= 15 is 0 Å². The summed E-state index contributed by atoms with van der Waals surface area (Å²) in [6.07, 6.45) is 6.79. The Hall–Kier alpha value is -1.96. The van der Waals surface area contributed by atoms with Crippen LogP contribution in [0.1, 0.15) is 62.9 Å². The number of alkyl halides is 2. The molecule has 2 aliphatic rings. The van der Waals surface area contributed by atoms with Crippen LogP contribution in [0.3, 0.4) is 0 Å². The molecule has 1 aliphatic carbocycles. The SMILES string of the molecule is CN(CCN(C)C(=O)OC(C)(C)C)Cc1nn2c(c1C1C=CCCC1)CC(F)(F)C2. The van der Waals surface area contributed by atoms with Crippen molar-refractivity contribution in [2.45, 2.75) is 77.0 Å². The summed E-state index contributed by atoms with van der Waals surface area (Å²) < 4.78 is 34.8. The molecule has 1 unspecified atom stereocenters. The van der Waals surface area contributed by atoms with E-state index in [1.165, 1.54) is 4.68 Å². The molecule has 30 heavy (non-hydrogen) atoms. The highest BCUT2D eigenvalue weighted by Gasteiger charge is 2.42. The first-order valence-electron chi connectivity index (χ1n) is 10.7. The molecule has 3 rings (SSSR count). The fourth-order valence-electron chi connectivity index (χ4n) is 4.09. The normalized spacial score (nSPS) is 20.5. The quantitative estimate of drug-likeness (QED) is 0.643. The molecule has 0 fully saturated rings. The van der Waals surface area contributed by atoms with Crippen LogP contribution < -0.4 is 0 Å². The van der Waals surface area contributed by atoms with Crippen molar-refractivity contribution in [1.29, 1.82) is 0 Å². The van der Waals surface area contributed by atoms with Gasteiger partial charge in [-0.1, -0.05) is 12.2 Å². The molecule has 1 aromatic heterocycles. The van der Waals surface area contributed by atoms with E-state index in [0.29, 0.717) is 25.3 Å². The van der Waals surface area contributed by atoms with E-state index in [4.69, 9.17) is 4.74 Å². The predicted octanol–water partition coefficient (Wildman–Crippen LogP) is 4.20. The second kappa shape index (κ2) is 8.65. The third-order valence-electron chi connectivity index (χ3n) is 5.55. The maximum atomic E-state index is 14.0. The van der Waals surface area contributed by atoms with Gasteiger partial charge in [-0.15, -0.1) is 0 Å². The Balaban J connectivity index is 1.67. The van der Waals surface area contributed by atoms with Crippen molar-refractivity contribution in [1.82, 2.24) is 19.6 Å². The van der Waals surface area contributed by atoms with Crippen molar-refractivity contribution >= 4 is 6.09 Å². The van der Waals surface area contributed by atoms with Crippen LogP contribution in [-0.2, 0) is 24.2 Å². The number of rotatable bonds is 6. The summed E-state index contributed by atoms with van der Waals surface area (Å²) in [4.78, 5) is 15.8. The van der Waals surface area contributed by atoms with Gasteiger partial charge in [0.25, 0.3) is 5.92 Å². The topological polar surface area (TPSA) is 50.6 Å². The first kappa shape index (κ1) is 22.7. The molecule has 0 saturated carbocycles. The number of hydrogen-bond acceptors (Lipinski definition) is 4. The first-order valence-corrected chi connectivity index (χ1v) is 10.7. The molecular formula is C22H34F2N4O2. The number of amides is 1. The van der Waals surface area contributed by atoms with Gasteiger partial charge < -0.3 is 9.64 Å². The van der Waals surface area contributed by atoms with Crippen molar-refractivity contribution in [3.63, 3.8) is 0 Å². The molecule has 0 aromatic carbocycles. The first-order chi connectivity index (χ1) is 14.0. The average Bonchev–Trinajstić information content (AvgIpc) is 3.09. The molecule has 0 bridgehead atoms. The molecule has 2 heterocycles. The minimum absolute atomic E-state index is 0.157. The highest BCUT2D eigenvalue weighted by molar-refractivity contribution is 5.67. The fraction of sp³-hybridized carbons (Fsp3) is 0.727. The van der Waals surface area contributed by atoms with E-state index in [0.717, 1.165) is 30.5 Å². The van der Waals surface area contributed by atoms with E-state index < -0.39 is 11.5 Å². The van der Waals surface area contributed by atoms with Crippen molar-refractivity contribution in [3.8, 4) is 0 Å². The number of ether oxygens (including phenoxy) is 1. The van der Waals surface area contributed by atoms with Gasteiger partial charge in [0.2, 0.25) is 0 Å². The van der Waals surface area contributed by atoms with Gasteiger partial charge in [0.15, 0.2) is 0 Å².